The van der Waals surface area contributed by atoms with Gasteiger partial charge in [-0.1, -0.05) is 109 Å². The lowest BCUT2D eigenvalue weighted by Crippen LogP contribution is -1.94. The van der Waals surface area contributed by atoms with Crippen molar-refractivity contribution in [2.24, 2.45) is 0 Å². The topological polar surface area (TPSA) is 9.86 Å². The van der Waals surface area contributed by atoms with Crippen molar-refractivity contribution in [1.82, 2.24) is 9.13 Å². The molecule has 0 aliphatic rings. The molecule has 52 heavy (non-hydrogen) atoms. The molecule has 0 saturated heterocycles. The van der Waals surface area contributed by atoms with Crippen molar-refractivity contribution in [2.45, 2.75) is 0 Å². The summed E-state index contributed by atoms with van der Waals surface area (Å²) >= 11 is 3.80. The summed E-state index contributed by atoms with van der Waals surface area (Å²) in [5.74, 6) is 0. The number of hydrogen-bond donors (Lipinski definition) is 0. The van der Waals surface area contributed by atoms with E-state index in [0.717, 1.165) is 0 Å². The number of rotatable bonds is 3. The molecule has 0 amide bonds. The third-order valence-corrected chi connectivity index (χ3v) is 13.4. The van der Waals surface area contributed by atoms with Gasteiger partial charge in [-0.05, 0) is 71.8 Å². The van der Waals surface area contributed by atoms with Crippen molar-refractivity contribution in [1.29, 1.82) is 0 Å². The van der Waals surface area contributed by atoms with Crippen LogP contribution >= 0.6 is 22.7 Å². The Kier molecular flexibility index (Phi) is 5.84. The van der Waals surface area contributed by atoms with Crippen LogP contribution in [0.4, 0.5) is 0 Å². The van der Waals surface area contributed by atoms with Crippen LogP contribution in [-0.4, -0.2) is 9.13 Å². The highest BCUT2D eigenvalue weighted by Gasteiger charge is 2.19. The second-order valence-corrected chi connectivity index (χ2v) is 15.8. The zero-order valence-corrected chi connectivity index (χ0v) is 29.5. The smallest absolute Gasteiger partial charge is 0.0555 e. The Morgan fingerprint density at radius 2 is 0.673 bits per heavy atom. The number of nitrogens with zero attached hydrogens (tertiary/aromatic N) is 2. The Labute approximate surface area is 306 Å². The van der Waals surface area contributed by atoms with Crippen LogP contribution in [-0.2, 0) is 0 Å². The summed E-state index contributed by atoms with van der Waals surface area (Å²) in [6.07, 6.45) is 0. The van der Waals surface area contributed by atoms with Crippen LogP contribution < -0.4 is 0 Å². The van der Waals surface area contributed by atoms with Crippen LogP contribution in [0, 0.1) is 0 Å². The van der Waals surface area contributed by atoms with Crippen molar-refractivity contribution in [2.75, 3.05) is 0 Å². The molecule has 0 aliphatic carbocycles. The lowest BCUT2D eigenvalue weighted by atomic mass is 10.0. The Morgan fingerprint density at radius 3 is 1.12 bits per heavy atom. The third-order valence-electron chi connectivity index (χ3n) is 10.9. The summed E-state index contributed by atoms with van der Waals surface area (Å²) in [7, 11) is 0. The molecule has 4 heterocycles. The summed E-state index contributed by atoms with van der Waals surface area (Å²) in [6.45, 7) is 0. The van der Waals surface area contributed by atoms with Crippen molar-refractivity contribution in [3.63, 3.8) is 0 Å². The second-order valence-electron chi connectivity index (χ2n) is 13.7. The molecule has 4 aromatic heterocycles. The number of hydrogen-bond acceptors (Lipinski definition) is 2. The van der Waals surface area contributed by atoms with E-state index in [2.05, 4.69) is 179 Å². The largest absolute Gasteiger partial charge is 0.309 e. The van der Waals surface area contributed by atoms with E-state index in [4.69, 9.17) is 0 Å². The average Bonchev–Trinajstić information content (AvgIpc) is 3.95. The normalized spacial score (nSPS) is 12.2. The third kappa shape index (κ3) is 3.88. The molecule has 242 valence electrons. The maximum Gasteiger partial charge on any atom is 0.0555 e. The van der Waals surface area contributed by atoms with Gasteiger partial charge >= 0.3 is 0 Å². The van der Waals surface area contributed by atoms with Gasteiger partial charge in [0.05, 0.1) is 22.1 Å². The molecular formula is C48H28N2S2. The van der Waals surface area contributed by atoms with Crippen LogP contribution in [0.5, 0.6) is 0 Å². The van der Waals surface area contributed by atoms with Crippen molar-refractivity contribution < 1.29 is 0 Å². The Balaban J connectivity index is 0.962. The SMILES string of the molecule is c1ccc2c(c1)sc1c2ccc2c1c1ccccc1n2-c1ccc(-c2ccc(-n3c4ccccc4c4c5sc6ccccc6c5ccc43)cc2)cc1. The first-order valence-corrected chi connectivity index (χ1v) is 19.3. The Hall–Kier alpha value is -6.20. The van der Waals surface area contributed by atoms with Gasteiger partial charge < -0.3 is 9.13 Å². The molecule has 0 atom stereocenters. The highest BCUT2D eigenvalue weighted by molar-refractivity contribution is 7.27. The fourth-order valence-electron chi connectivity index (χ4n) is 8.63. The van der Waals surface area contributed by atoms with Crippen LogP contribution in [0.2, 0.25) is 0 Å². The lowest BCUT2D eigenvalue weighted by Gasteiger charge is -2.11. The van der Waals surface area contributed by atoms with Crippen LogP contribution in [0.25, 0.3) is 106 Å². The highest BCUT2D eigenvalue weighted by atomic mass is 32.1. The molecule has 12 aromatic rings. The summed E-state index contributed by atoms with van der Waals surface area (Å²) < 4.78 is 10.3. The second kappa shape index (κ2) is 10.7. The molecular weight excluding hydrogens is 669 g/mol. The molecule has 0 spiro atoms. The molecule has 0 bridgehead atoms. The minimum atomic E-state index is 1.17. The first-order chi connectivity index (χ1) is 25.8. The van der Waals surface area contributed by atoms with Crippen LogP contribution in [0.3, 0.4) is 0 Å². The summed E-state index contributed by atoms with van der Waals surface area (Å²) in [6, 6.07) is 62.6. The monoisotopic (exact) mass is 696 g/mol. The fraction of sp³-hybridized carbons (Fsp3) is 0. The number of benzene rings is 8. The predicted octanol–water partition coefficient (Wildman–Crippen LogP) is 14.3. The molecule has 0 fully saturated rings. The van der Waals surface area contributed by atoms with Gasteiger partial charge in [0.1, 0.15) is 0 Å². The van der Waals surface area contributed by atoms with Crippen molar-refractivity contribution >= 4 is 107 Å². The molecule has 8 aromatic carbocycles. The van der Waals surface area contributed by atoms with E-state index >= 15 is 0 Å². The molecule has 0 N–H and O–H groups in total. The molecule has 0 unspecified atom stereocenters. The molecule has 0 aliphatic heterocycles. The van der Waals surface area contributed by atoms with Crippen LogP contribution in [0.15, 0.2) is 170 Å². The number of aromatic nitrogens is 2. The Morgan fingerprint density at radius 1 is 0.288 bits per heavy atom. The maximum atomic E-state index is 2.43. The number of thiophene rings is 2. The van der Waals surface area contributed by atoms with Gasteiger partial charge in [0.2, 0.25) is 0 Å². The first kappa shape index (κ1) is 28.5. The van der Waals surface area contributed by atoms with E-state index < -0.39 is 0 Å². The Bertz CT molecular complexity index is 3160. The molecule has 0 radical (unpaired) electrons. The van der Waals surface area contributed by atoms with Gasteiger partial charge in [-0.3, -0.25) is 0 Å². The number of para-hydroxylation sites is 2. The molecule has 12 rings (SSSR count). The summed E-state index contributed by atoms with van der Waals surface area (Å²) in [5.41, 5.74) is 9.72. The highest BCUT2D eigenvalue weighted by Crippen LogP contribution is 2.45. The fourth-order valence-corrected chi connectivity index (χ4v) is 11.2. The van der Waals surface area contributed by atoms with E-state index in [1.807, 2.05) is 22.7 Å². The first-order valence-electron chi connectivity index (χ1n) is 17.7. The maximum absolute atomic E-state index is 2.43. The minimum absolute atomic E-state index is 1.17. The van der Waals surface area contributed by atoms with E-state index in [1.165, 1.54) is 106 Å². The van der Waals surface area contributed by atoms with Crippen molar-refractivity contribution in [3.8, 4) is 22.5 Å². The average molecular weight is 697 g/mol. The van der Waals surface area contributed by atoms with Crippen molar-refractivity contribution in [3.05, 3.63) is 170 Å². The predicted molar refractivity (Wildman–Crippen MR) is 226 cm³/mol. The van der Waals surface area contributed by atoms with Gasteiger partial charge in [-0.25, -0.2) is 0 Å². The van der Waals surface area contributed by atoms with Gasteiger partial charge in [0, 0.05) is 73.3 Å². The summed E-state index contributed by atoms with van der Waals surface area (Å²) in [4.78, 5) is 0. The zero-order valence-electron chi connectivity index (χ0n) is 27.9. The zero-order chi connectivity index (χ0) is 33.9. The lowest BCUT2D eigenvalue weighted by molar-refractivity contribution is 1.18. The van der Waals surface area contributed by atoms with Gasteiger partial charge in [-0.15, -0.1) is 22.7 Å². The number of fused-ring (bicyclic) bond motifs is 14. The molecule has 2 nitrogen and oxygen atoms in total. The van der Waals surface area contributed by atoms with Crippen LogP contribution in [0.1, 0.15) is 0 Å². The van der Waals surface area contributed by atoms with E-state index in [0.29, 0.717) is 0 Å². The van der Waals surface area contributed by atoms with Gasteiger partial charge in [0.25, 0.3) is 0 Å². The van der Waals surface area contributed by atoms with Gasteiger partial charge in [0.15, 0.2) is 0 Å². The summed E-state index contributed by atoms with van der Waals surface area (Å²) in [5, 5.41) is 10.6. The van der Waals surface area contributed by atoms with E-state index in [9.17, 15) is 0 Å². The van der Waals surface area contributed by atoms with Gasteiger partial charge in [-0.2, -0.15) is 0 Å². The minimum Gasteiger partial charge on any atom is -0.309 e. The standard InChI is InChI=1S/C48H28N2S2/c1-5-13-39-37(11-1)45-41(27-25-35-33-9-3-7-15-43(33)51-47(35)45)49(39)31-21-17-29(18-22-31)30-19-23-32(24-20-30)50-40-14-6-2-12-38(40)46-42(50)28-26-36-34-10-4-8-16-44(34)52-48(36)46/h1-28H. The quantitative estimate of drug-likeness (QED) is 0.174. The van der Waals surface area contributed by atoms with E-state index in [-0.39, 0.29) is 0 Å². The molecule has 0 saturated carbocycles. The molecule has 4 heteroatoms. The van der Waals surface area contributed by atoms with E-state index in [1.54, 1.807) is 0 Å².